The first-order chi connectivity index (χ1) is 14.3. The van der Waals surface area contributed by atoms with Crippen LogP contribution in [0.2, 0.25) is 0 Å². The Bertz CT molecular complexity index is 1030. The van der Waals surface area contributed by atoms with E-state index in [-0.39, 0.29) is 48.9 Å². The number of carbonyl (C=O) groups is 2. The first kappa shape index (κ1) is 21.6. The van der Waals surface area contributed by atoms with Crippen LogP contribution in [0.3, 0.4) is 0 Å². The van der Waals surface area contributed by atoms with Gasteiger partial charge in [0.25, 0.3) is 5.69 Å². The highest BCUT2D eigenvalue weighted by Gasteiger charge is 2.33. The lowest BCUT2D eigenvalue weighted by molar-refractivity contribution is -0.384. The number of hydrogen-bond donors (Lipinski definition) is 0. The summed E-state index contributed by atoms with van der Waals surface area (Å²) in [5.41, 5.74) is 0.259. The van der Waals surface area contributed by atoms with Gasteiger partial charge in [-0.1, -0.05) is 30.3 Å². The molecule has 3 rings (SSSR count). The van der Waals surface area contributed by atoms with Crippen molar-refractivity contribution in [1.29, 1.82) is 0 Å². The Morgan fingerprint density at radius 3 is 2.20 bits per heavy atom. The maximum Gasteiger partial charge on any atom is 0.309 e. The van der Waals surface area contributed by atoms with Gasteiger partial charge in [0.05, 0.1) is 15.7 Å². The number of Topliss-reactive ketones (excluding diaryl/α,β-unsaturated/α-hetero) is 1. The number of nitrogens with zero attached hydrogens (tertiary/aromatic N) is 2. The highest BCUT2D eigenvalue weighted by molar-refractivity contribution is 7.89. The Labute approximate surface area is 173 Å². The molecule has 0 saturated carbocycles. The SMILES string of the molecule is O=C(COC(=O)C1CCN(S(=O)(=O)c2ccc([N+](=O)[O-])cc2)CC1)c1ccccc1. The van der Waals surface area contributed by atoms with Crippen LogP contribution in [0.4, 0.5) is 5.69 Å². The fraction of sp³-hybridized carbons (Fsp3) is 0.300. The van der Waals surface area contributed by atoms with Crippen LogP contribution in [0, 0.1) is 16.0 Å². The van der Waals surface area contributed by atoms with Crippen molar-refractivity contribution in [3.8, 4) is 0 Å². The molecule has 1 fully saturated rings. The molecule has 9 nitrogen and oxygen atoms in total. The highest BCUT2D eigenvalue weighted by atomic mass is 32.2. The van der Waals surface area contributed by atoms with Crippen molar-refractivity contribution in [1.82, 2.24) is 4.31 Å². The van der Waals surface area contributed by atoms with Crippen molar-refractivity contribution < 1.29 is 27.7 Å². The van der Waals surface area contributed by atoms with Gasteiger partial charge >= 0.3 is 5.97 Å². The van der Waals surface area contributed by atoms with Crippen LogP contribution in [-0.4, -0.2) is 49.1 Å². The van der Waals surface area contributed by atoms with Crippen LogP contribution in [0.25, 0.3) is 0 Å². The van der Waals surface area contributed by atoms with E-state index in [1.165, 1.54) is 16.4 Å². The second kappa shape index (κ2) is 9.14. The molecule has 2 aromatic rings. The molecule has 0 N–H and O–H groups in total. The third-order valence-corrected chi connectivity index (χ3v) is 6.83. The van der Waals surface area contributed by atoms with Crippen molar-refractivity contribution >= 4 is 27.5 Å². The van der Waals surface area contributed by atoms with Gasteiger partial charge in [0.2, 0.25) is 10.0 Å². The van der Waals surface area contributed by atoms with Crippen molar-refractivity contribution in [3.05, 3.63) is 70.3 Å². The lowest BCUT2D eigenvalue weighted by Crippen LogP contribution is -2.40. The molecule has 0 spiro atoms. The number of ketones is 1. The standard InChI is InChI=1S/C20H20N2O7S/c23-19(15-4-2-1-3-5-15)14-29-20(24)16-10-12-21(13-11-16)30(27,28)18-8-6-17(7-9-18)22(25)26/h1-9,16H,10-14H2. The van der Waals surface area contributed by atoms with E-state index in [1.807, 2.05) is 0 Å². The molecule has 1 aliphatic rings. The van der Waals surface area contributed by atoms with Crippen molar-refractivity contribution in [2.75, 3.05) is 19.7 Å². The molecule has 1 heterocycles. The molecule has 0 amide bonds. The Morgan fingerprint density at radius 2 is 1.63 bits per heavy atom. The number of ether oxygens (including phenoxy) is 1. The maximum atomic E-state index is 12.7. The first-order valence-corrected chi connectivity index (χ1v) is 10.7. The van der Waals surface area contributed by atoms with Gasteiger partial charge in [0, 0.05) is 30.8 Å². The normalized spacial score (nSPS) is 15.5. The summed E-state index contributed by atoms with van der Waals surface area (Å²) < 4.78 is 31.8. The Morgan fingerprint density at radius 1 is 1.03 bits per heavy atom. The molecule has 10 heteroatoms. The van der Waals surface area contributed by atoms with Gasteiger partial charge in [-0.05, 0) is 25.0 Å². The van der Waals surface area contributed by atoms with Gasteiger partial charge in [-0.2, -0.15) is 4.31 Å². The summed E-state index contributed by atoms with van der Waals surface area (Å²) in [6, 6.07) is 13.2. The van der Waals surface area contributed by atoms with E-state index < -0.39 is 26.8 Å². The number of hydrogen-bond acceptors (Lipinski definition) is 7. The fourth-order valence-corrected chi connectivity index (χ4v) is 4.65. The predicted octanol–water partition coefficient (Wildman–Crippen LogP) is 2.42. The fourth-order valence-electron chi connectivity index (χ4n) is 3.18. The van der Waals surface area contributed by atoms with Gasteiger partial charge in [-0.3, -0.25) is 19.7 Å². The number of piperidine rings is 1. The molecular formula is C20H20N2O7S. The summed E-state index contributed by atoms with van der Waals surface area (Å²) in [4.78, 5) is 34.4. The molecule has 0 aromatic heterocycles. The maximum absolute atomic E-state index is 12.7. The number of benzene rings is 2. The minimum absolute atomic E-state index is 0.0393. The van der Waals surface area contributed by atoms with Crippen molar-refractivity contribution in [2.24, 2.45) is 5.92 Å². The third kappa shape index (κ3) is 4.89. The number of carbonyl (C=O) groups excluding carboxylic acids is 2. The average molecular weight is 432 g/mol. The summed E-state index contributed by atoms with van der Waals surface area (Å²) in [5.74, 6) is -1.31. The molecule has 1 saturated heterocycles. The molecule has 0 radical (unpaired) electrons. The minimum atomic E-state index is -3.81. The monoisotopic (exact) mass is 432 g/mol. The van der Waals surface area contributed by atoms with Gasteiger partial charge in [-0.15, -0.1) is 0 Å². The van der Waals surface area contributed by atoms with E-state index in [9.17, 15) is 28.1 Å². The number of rotatable bonds is 7. The number of esters is 1. The van der Waals surface area contributed by atoms with Crippen LogP contribution in [0.5, 0.6) is 0 Å². The van der Waals surface area contributed by atoms with E-state index in [0.717, 1.165) is 12.1 Å². The molecule has 0 atom stereocenters. The molecule has 30 heavy (non-hydrogen) atoms. The predicted molar refractivity (Wildman–Crippen MR) is 106 cm³/mol. The van der Waals surface area contributed by atoms with Crippen LogP contribution in [-0.2, 0) is 19.6 Å². The van der Waals surface area contributed by atoms with Gasteiger partial charge in [0.1, 0.15) is 0 Å². The molecule has 0 aliphatic carbocycles. The smallest absolute Gasteiger partial charge is 0.309 e. The van der Waals surface area contributed by atoms with Crippen LogP contribution in [0.15, 0.2) is 59.5 Å². The van der Waals surface area contributed by atoms with Crippen LogP contribution >= 0.6 is 0 Å². The van der Waals surface area contributed by atoms with E-state index in [1.54, 1.807) is 30.3 Å². The molecule has 1 aliphatic heterocycles. The van der Waals surface area contributed by atoms with Crippen molar-refractivity contribution in [2.45, 2.75) is 17.7 Å². The van der Waals surface area contributed by atoms with E-state index in [0.29, 0.717) is 5.56 Å². The Hall–Kier alpha value is -3.11. The van der Waals surface area contributed by atoms with Gasteiger partial charge < -0.3 is 4.74 Å². The van der Waals surface area contributed by atoms with E-state index >= 15 is 0 Å². The summed E-state index contributed by atoms with van der Waals surface area (Å²) in [6.07, 6.45) is 0.537. The molecular weight excluding hydrogens is 412 g/mol. The summed E-state index contributed by atoms with van der Waals surface area (Å²) >= 11 is 0. The number of nitro groups is 1. The summed E-state index contributed by atoms with van der Waals surface area (Å²) in [6.45, 7) is -0.123. The molecule has 0 unspecified atom stereocenters. The van der Waals surface area contributed by atoms with Crippen molar-refractivity contribution in [3.63, 3.8) is 0 Å². The zero-order valence-electron chi connectivity index (χ0n) is 16.0. The van der Waals surface area contributed by atoms with E-state index in [4.69, 9.17) is 4.74 Å². The largest absolute Gasteiger partial charge is 0.457 e. The lowest BCUT2D eigenvalue weighted by atomic mass is 9.98. The zero-order valence-corrected chi connectivity index (χ0v) is 16.8. The summed E-state index contributed by atoms with van der Waals surface area (Å²) in [7, 11) is -3.81. The van der Waals surface area contributed by atoms with Crippen LogP contribution < -0.4 is 0 Å². The number of sulfonamides is 1. The number of non-ortho nitro benzene ring substituents is 1. The molecule has 2 aromatic carbocycles. The zero-order chi connectivity index (χ0) is 21.7. The third-order valence-electron chi connectivity index (χ3n) is 4.91. The van der Waals surface area contributed by atoms with Gasteiger partial charge in [-0.25, -0.2) is 8.42 Å². The quantitative estimate of drug-likeness (QED) is 0.285. The highest BCUT2D eigenvalue weighted by Crippen LogP contribution is 2.25. The minimum Gasteiger partial charge on any atom is -0.457 e. The summed E-state index contributed by atoms with van der Waals surface area (Å²) in [5, 5.41) is 10.7. The Balaban J connectivity index is 1.54. The average Bonchev–Trinajstić information content (AvgIpc) is 2.78. The second-order valence-corrected chi connectivity index (χ2v) is 8.76. The van der Waals surface area contributed by atoms with E-state index in [2.05, 4.69) is 0 Å². The topological polar surface area (TPSA) is 124 Å². The van der Waals surface area contributed by atoms with Crippen LogP contribution in [0.1, 0.15) is 23.2 Å². The van der Waals surface area contributed by atoms with Gasteiger partial charge in [0.15, 0.2) is 12.4 Å². The lowest BCUT2D eigenvalue weighted by Gasteiger charge is -2.30. The second-order valence-electron chi connectivity index (χ2n) is 6.83. The molecule has 158 valence electrons. The Kier molecular flexibility index (Phi) is 6.58. The number of nitro benzene ring substituents is 1. The molecule has 0 bridgehead atoms. The first-order valence-electron chi connectivity index (χ1n) is 9.28.